The zero-order chi connectivity index (χ0) is 26.7. The average Bonchev–Trinajstić information content (AvgIpc) is 3.44. The van der Waals surface area contributed by atoms with Crippen molar-refractivity contribution in [3.8, 4) is 11.4 Å². The smallest absolute Gasteiger partial charge is 0.326 e. The van der Waals surface area contributed by atoms with Crippen LogP contribution in [-0.2, 0) is 70.3 Å². The van der Waals surface area contributed by atoms with Gasteiger partial charge in [0.15, 0.2) is 11.5 Å². The monoisotopic (exact) mass is 531 g/mol. The van der Waals surface area contributed by atoms with Crippen LogP contribution in [0.1, 0.15) is 39.3 Å². The number of nitrogens with one attached hydrogen (secondary N) is 2. The number of nitrogens with zero attached hydrogens (tertiary/aromatic N) is 3. The number of aromatic nitrogens is 4. The topological polar surface area (TPSA) is 214 Å². The Hall–Kier alpha value is -3.60. The van der Waals surface area contributed by atoms with Crippen LogP contribution in [0.3, 0.4) is 0 Å². The lowest BCUT2D eigenvalue weighted by Gasteiger charge is -2.13. The SMILES string of the molecule is CC(C)(C)c1cc2[nH]c(-c3ccc(NC(=O)CCC(=O)OOOOOOOOOOOO)cc3)nn2n1. The van der Waals surface area contributed by atoms with Crippen molar-refractivity contribution in [2.75, 3.05) is 5.32 Å². The van der Waals surface area contributed by atoms with Crippen molar-refractivity contribution >= 4 is 23.2 Å². The number of fused-ring (bicyclic) bond motifs is 1. The van der Waals surface area contributed by atoms with Crippen molar-refractivity contribution < 1.29 is 70.1 Å². The average molecular weight is 531 g/mol. The fourth-order valence-electron chi connectivity index (χ4n) is 2.61. The van der Waals surface area contributed by atoms with Gasteiger partial charge in [0.1, 0.15) is 0 Å². The van der Waals surface area contributed by atoms with E-state index in [9.17, 15) is 9.59 Å². The van der Waals surface area contributed by atoms with Crippen molar-refractivity contribution in [2.24, 2.45) is 0 Å². The predicted octanol–water partition coefficient (Wildman–Crippen LogP) is 2.07. The molecule has 0 saturated carbocycles. The van der Waals surface area contributed by atoms with Crippen LogP contribution in [0.5, 0.6) is 0 Å². The molecule has 1 aromatic carbocycles. The largest absolute Gasteiger partial charge is 0.346 e. The molecule has 0 aliphatic carbocycles. The molecule has 0 radical (unpaired) electrons. The maximum atomic E-state index is 12.1. The molecule has 3 aromatic rings. The molecular weight excluding hydrogens is 510 g/mol. The van der Waals surface area contributed by atoms with E-state index in [-0.39, 0.29) is 18.3 Å². The van der Waals surface area contributed by atoms with Gasteiger partial charge in [-0.1, -0.05) is 20.8 Å². The minimum absolute atomic E-state index is 0.0946. The molecule has 0 bridgehead atoms. The number of amides is 1. The molecule has 2 aromatic heterocycles. The molecule has 0 atom stereocenters. The number of rotatable bonds is 15. The van der Waals surface area contributed by atoms with E-state index in [1.165, 1.54) is 0 Å². The van der Waals surface area contributed by atoms with Crippen molar-refractivity contribution in [2.45, 2.75) is 39.0 Å². The number of anilines is 1. The number of hydrogen-bond acceptors (Lipinski definition) is 16. The zero-order valence-corrected chi connectivity index (χ0v) is 19.4. The Balaban J connectivity index is 1.32. The summed E-state index contributed by atoms with van der Waals surface area (Å²) >= 11 is 0. The van der Waals surface area contributed by atoms with Gasteiger partial charge in [-0.2, -0.15) is 5.10 Å². The molecule has 1 amide bonds. The van der Waals surface area contributed by atoms with Crippen molar-refractivity contribution in [1.29, 1.82) is 0 Å². The number of H-pyrrole nitrogens is 1. The molecule has 19 heteroatoms. The van der Waals surface area contributed by atoms with E-state index in [1.54, 1.807) is 28.9 Å². The first-order valence-corrected chi connectivity index (χ1v) is 10.1. The summed E-state index contributed by atoms with van der Waals surface area (Å²) in [6.07, 6.45) is -0.574. The van der Waals surface area contributed by atoms with Gasteiger partial charge in [0, 0.05) is 54.3 Å². The number of benzene rings is 1. The molecule has 19 nitrogen and oxygen atoms in total. The van der Waals surface area contributed by atoms with Crippen LogP contribution < -0.4 is 5.32 Å². The first kappa shape index (κ1) is 28.0. The van der Waals surface area contributed by atoms with Crippen molar-refractivity contribution in [3.63, 3.8) is 0 Å². The first-order chi connectivity index (χ1) is 17.8. The fourth-order valence-corrected chi connectivity index (χ4v) is 2.61. The summed E-state index contributed by atoms with van der Waals surface area (Å²) in [5, 5.41) is 54.4. The summed E-state index contributed by atoms with van der Waals surface area (Å²) in [4.78, 5) is 30.9. The van der Waals surface area contributed by atoms with Crippen LogP contribution in [0.4, 0.5) is 5.69 Å². The van der Waals surface area contributed by atoms with Crippen molar-refractivity contribution in [1.82, 2.24) is 19.8 Å². The fraction of sp³-hybridized carbons (Fsp3) is 0.333. The van der Waals surface area contributed by atoms with E-state index in [4.69, 9.17) is 5.26 Å². The Morgan fingerprint density at radius 1 is 0.919 bits per heavy atom. The minimum atomic E-state index is -0.971. The third-order valence-electron chi connectivity index (χ3n) is 4.28. The van der Waals surface area contributed by atoms with Gasteiger partial charge in [-0.15, -0.1) is 9.73 Å². The van der Waals surface area contributed by atoms with Gasteiger partial charge >= 0.3 is 5.97 Å². The maximum absolute atomic E-state index is 12.1. The van der Waals surface area contributed by atoms with Gasteiger partial charge in [0.25, 0.3) is 0 Å². The highest BCUT2D eigenvalue weighted by molar-refractivity contribution is 5.92. The first-order valence-electron chi connectivity index (χ1n) is 10.1. The second-order valence-electron chi connectivity index (χ2n) is 7.90. The van der Waals surface area contributed by atoms with Gasteiger partial charge < -0.3 is 10.3 Å². The Morgan fingerprint density at radius 3 is 2.14 bits per heavy atom. The Labute approximate surface area is 205 Å². The highest BCUT2D eigenvalue weighted by Gasteiger charge is 2.19. The Kier molecular flexibility index (Phi) is 10.3. The number of carbonyl (C=O) groups is 2. The summed E-state index contributed by atoms with van der Waals surface area (Å²) in [6.45, 7) is 6.21. The van der Waals surface area contributed by atoms with Crippen LogP contribution in [0.25, 0.3) is 17.0 Å². The Morgan fingerprint density at radius 2 is 1.54 bits per heavy atom. The second-order valence-corrected chi connectivity index (χ2v) is 7.90. The van der Waals surface area contributed by atoms with E-state index < -0.39 is 11.9 Å². The highest BCUT2D eigenvalue weighted by Crippen LogP contribution is 2.24. The van der Waals surface area contributed by atoms with E-state index in [0.717, 1.165) is 16.9 Å². The third kappa shape index (κ3) is 9.09. The zero-order valence-electron chi connectivity index (χ0n) is 19.4. The predicted molar refractivity (Wildman–Crippen MR) is 109 cm³/mol. The molecule has 0 saturated heterocycles. The van der Waals surface area contributed by atoms with Gasteiger partial charge in [-0.3, -0.25) is 9.68 Å². The molecule has 3 rings (SSSR count). The summed E-state index contributed by atoms with van der Waals surface area (Å²) in [7, 11) is 0. The molecule has 0 fully saturated rings. The number of aromatic amines is 1. The normalized spacial score (nSPS) is 11.7. The summed E-state index contributed by atoms with van der Waals surface area (Å²) in [5.74, 6) is -0.814. The molecule has 202 valence electrons. The lowest BCUT2D eigenvalue weighted by atomic mass is 9.93. The van der Waals surface area contributed by atoms with Crippen LogP contribution in [0, 0.1) is 0 Å². The van der Waals surface area contributed by atoms with Gasteiger partial charge in [0.2, 0.25) is 5.91 Å². The number of carbonyl (C=O) groups excluding carboxylic acids is 2. The molecule has 3 N–H and O–H groups in total. The summed E-state index contributed by atoms with van der Waals surface area (Å²) in [6, 6.07) is 8.85. The molecule has 0 aliphatic rings. The van der Waals surface area contributed by atoms with Gasteiger partial charge in [-0.05, 0) is 49.5 Å². The summed E-state index contributed by atoms with van der Waals surface area (Å²) in [5.41, 5.74) is 2.88. The van der Waals surface area contributed by atoms with Crippen LogP contribution in [-0.4, -0.2) is 36.9 Å². The van der Waals surface area contributed by atoms with Gasteiger partial charge in [-0.25, -0.2) is 10.1 Å². The highest BCUT2D eigenvalue weighted by atomic mass is 18.0. The molecule has 0 aliphatic heterocycles. The molecule has 0 unspecified atom stereocenters. The van der Waals surface area contributed by atoms with Gasteiger partial charge in [0.05, 0.1) is 12.1 Å². The van der Waals surface area contributed by atoms with E-state index in [2.05, 4.69) is 96.5 Å². The van der Waals surface area contributed by atoms with Crippen molar-refractivity contribution in [3.05, 3.63) is 36.0 Å². The van der Waals surface area contributed by atoms with E-state index >= 15 is 0 Å². The maximum Gasteiger partial charge on any atom is 0.346 e. The second kappa shape index (κ2) is 13.6. The standard InChI is InChI=1S/C18H21N5O14/c1-18(2,3)13-10-14-20-17(22-23(14)21-13)11-4-6-12(7-5-11)19-15(24)8-9-16(25)27-29-31-33-35-37-36-34-32-30-28-26/h4-7,10,26H,8-9H2,1-3H3,(H,19,24)(H,20,22). The molecule has 37 heavy (non-hydrogen) atoms. The minimum Gasteiger partial charge on any atom is -0.326 e. The van der Waals surface area contributed by atoms with Crippen LogP contribution in [0.15, 0.2) is 30.3 Å². The van der Waals surface area contributed by atoms with E-state index in [0.29, 0.717) is 11.5 Å². The van der Waals surface area contributed by atoms with Crippen LogP contribution in [0.2, 0.25) is 0 Å². The van der Waals surface area contributed by atoms with E-state index in [1.807, 2.05) is 6.07 Å². The lowest BCUT2D eigenvalue weighted by molar-refractivity contribution is -0.861. The molecular formula is C18H21N5O14. The molecule has 2 heterocycles. The summed E-state index contributed by atoms with van der Waals surface area (Å²) < 4.78 is 1.54. The quantitative estimate of drug-likeness (QED) is 0.145. The van der Waals surface area contributed by atoms with Crippen LogP contribution >= 0.6 is 0 Å². The number of hydrogen-bond donors (Lipinski definition) is 3. The lowest BCUT2D eigenvalue weighted by Crippen LogP contribution is -2.15. The Bertz CT molecular complexity index is 1110. The third-order valence-corrected chi connectivity index (χ3v) is 4.28. The molecule has 0 spiro atoms.